The van der Waals surface area contributed by atoms with Gasteiger partial charge in [0.25, 0.3) is 0 Å². The zero-order valence-electron chi connectivity index (χ0n) is 8.02. The molecule has 0 aliphatic rings. The van der Waals surface area contributed by atoms with Crippen LogP contribution in [0, 0.1) is 11.3 Å². The molecule has 0 saturated heterocycles. The van der Waals surface area contributed by atoms with Gasteiger partial charge < -0.3 is 0 Å². The average molecular weight is 305 g/mol. The lowest BCUT2D eigenvalue weighted by atomic mass is 10.1. The van der Waals surface area contributed by atoms with Gasteiger partial charge in [-0.2, -0.15) is 5.26 Å². The molecule has 1 nitrogen and oxygen atoms in total. The third-order valence-electron chi connectivity index (χ3n) is 1.93. The van der Waals surface area contributed by atoms with Crippen molar-refractivity contribution in [2.75, 3.05) is 0 Å². The summed E-state index contributed by atoms with van der Waals surface area (Å²) in [6.45, 7) is 1.89. The first-order chi connectivity index (χ1) is 7.10. The van der Waals surface area contributed by atoms with Crippen LogP contribution in [-0.2, 0) is 0 Å². The molecule has 0 bridgehead atoms. The van der Waals surface area contributed by atoms with E-state index in [0.29, 0.717) is 22.0 Å². The van der Waals surface area contributed by atoms with Crippen molar-refractivity contribution in [2.45, 2.75) is 13.3 Å². The number of benzene rings is 1. The van der Waals surface area contributed by atoms with Gasteiger partial charge in [0, 0.05) is 10.0 Å². The van der Waals surface area contributed by atoms with Gasteiger partial charge in [0.2, 0.25) is 0 Å². The molecule has 1 aromatic rings. The molecule has 4 heteroatoms. The van der Waals surface area contributed by atoms with E-state index in [0.717, 1.165) is 10.0 Å². The minimum Gasteiger partial charge on any atom is -0.193 e. The fourth-order valence-corrected chi connectivity index (χ4v) is 1.81. The molecule has 0 amide bonds. The first-order valence-corrected chi connectivity index (χ1v) is 5.89. The molecule has 0 radical (unpaired) electrons. The predicted octanol–water partition coefficient (Wildman–Crippen LogP) is 4.99. The van der Waals surface area contributed by atoms with Crippen molar-refractivity contribution < 1.29 is 0 Å². The second-order valence-electron chi connectivity index (χ2n) is 2.89. The van der Waals surface area contributed by atoms with E-state index >= 15 is 0 Å². The van der Waals surface area contributed by atoms with E-state index in [1.807, 2.05) is 19.1 Å². The zero-order valence-corrected chi connectivity index (χ0v) is 11.1. The van der Waals surface area contributed by atoms with Crippen LogP contribution in [0.2, 0.25) is 5.02 Å². The summed E-state index contributed by atoms with van der Waals surface area (Å²) in [7, 11) is 0. The van der Waals surface area contributed by atoms with Crippen LogP contribution in [-0.4, -0.2) is 0 Å². The molecule has 0 spiro atoms. The Morgan fingerprint density at radius 3 is 2.67 bits per heavy atom. The highest BCUT2D eigenvalue weighted by atomic mass is 79.9. The largest absolute Gasteiger partial charge is 0.193 e. The van der Waals surface area contributed by atoms with Gasteiger partial charge in [-0.25, -0.2) is 0 Å². The number of nitrogens with zero attached hydrogens (tertiary/aromatic N) is 1. The number of halogens is 3. The van der Waals surface area contributed by atoms with Gasteiger partial charge in [-0.15, -0.1) is 0 Å². The van der Waals surface area contributed by atoms with Crippen LogP contribution >= 0.6 is 39.1 Å². The van der Waals surface area contributed by atoms with Crippen molar-refractivity contribution in [3.8, 4) is 6.07 Å². The third-order valence-corrected chi connectivity index (χ3v) is 3.61. The van der Waals surface area contributed by atoms with E-state index in [1.165, 1.54) is 0 Å². The molecular weight excluding hydrogens is 297 g/mol. The van der Waals surface area contributed by atoms with Gasteiger partial charge >= 0.3 is 0 Å². The van der Waals surface area contributed by atoms with E-state index in [1.54, 1.807) is 6.07 Å². The molecule has 1 rings (SSSR count). The summed E-state index contributed by atoms with van der Waals surface area (Å²) >= 11 is 15.3. The van der Waals surface area contributed by atoms with Crippen LogP contribution in [0.5, 0.6) is 0 Å². The van der Waals surface area contributed by atoms with Crippen LogP contribution in [0.3, 0.4) is 0 Å². The number of allylic oxidation sites excluding steroid dienone is 1. The Hall–Kier alpha value is -0.490. The molecule has 0 fully saturated rings. The summed E-state index contributed by atoms with van der Waals surface area (Å²) in [5.74, 6) is 0. The van der Waals surface area contributed by atoms with Crippen molar-refractivity contribution in [1.29, 1.82) is 5.26 Å². The quantitative estimate of drug-likeness (QED) is 0.706. The van der Waals surface area contributed by atoms with Crippen molar-refractivity contribution in [3.05, 3.63) is 38.8 Å². The Balaban J connectivity index is 3.24. The second-order valence-corrected chi connectivity index (χ2v) is 4.53. The highest BCUT2D eigenvalue weighted by Crippen LogP contribution is 2.30. The van der Waals surface area contributed by atoms with Gasteiger partial charge in [-0.3, -0.25) is 0 Å². The molecule has 0 aromatic heterocycles. The summed E-state index contributed by atoms with van der Waals surface area (Å²) in [5, 5.41) is 9.90. The van der Waals surface area contributed by atoms with E-state index in [9.17, 15) is 0 Å². The molecule has 0 saturated carbocycles. The van der Waals surface area contributed by atoms with Crippen molar-refractivity contribution >= 4 is 44.2 Å². The maximum absolute atomic E-state index is 8.85. The molecular formula is C11H8BrCl2N. The monoisotopic (exact) mass is 303 g/mol. The molecule has 0 aliphatic carbocycles. The Morgan fingerprint density at radius 2 is 2.20 bits per heavy atom. The summed E-state index contributed by atoms with van der Waals surface area (Å²) in [6.07, 6.45) is 0.614. The number of nitriles is 1. The molecule has 15 heavy (non-hydrogen) atoms. The Morgan fingerprint density at radius 1 is 1.53 bits per heavy atom. The van der Waals surface area contributed by atoms with E-state index in [2.05, 4.69) is 22.0 Å². The highest BCUT2D eigenvalue weighted by Gasteiger charge is 2.07. The Labute approximate surface area is 107 Å². The standard InChI is InChI=1S/C11H8BrCl2N/c1-2-7(6-15)11(14)8-3-4-9(12)10(13)5-8/h3-5H,2H2,1H3/b11-7-. The predicted molar refractivity (Wildman–Crippen MR) is 67.8 cm³/mol. The summed E-state index contributed by atoms with van der Waals surface area (Å²) in [4.78, 5) is 0. The average Bonchev–Trinajstić information content (AvgIpc) is 2.23. The van der Waals surface area contributed by atoms with Crippen LogP contribution < -0.4 is 0 Å². The number of hydrogen-bond donors (Lipinski definition) is 0. The zero-order chi connectivity index (χ0) is 11.4. The van der Waals surface area contributed by atoms with Gasteiger partial charge in [0.05, 0.1) is 16.1 Å². The van der Waals surface area contributed by atoms with E-state index in [-0.39, 0.29) is 0 Å². The van der Waals surface area contributed by atoms with Crippen LogP contribution in [0.15, 0.2) is 28.2 Å². The Kier molecular flexibility index (Phi) is 4.66. The van der Waals surface area contributed by atoms with Crippen molar-refractivity contribution in [3.63, 3.8) is 0 Å². The second kappa shape index (κ2) is 5.55. The van der Waals surface area contributed by atoms with Gasteiger partial charge in [-0.1, -0.05) is 36.2 Å². The SMILES string of the molecule is CC/C(C#N)=C(/Cl)c1ccc(Br)c(Cl)c1. The van der Waals surface area contributed by atoms with Gasteiger partial charge in [0.15, 0.2) is 0 Å². The first kappa shape index (κ1) is 12.6. The molecule has 0 N–H and O–H groups in total. The molecule has 78 valence electrons. The Bertz CT molecular complexity index is 446. The van der Waals surface area contributed by atoms with E-state index < -0.39 is 0 Å². The highest BCUT2D eigenvalue weighted by molar-refractivity contribution is 9.10. The first-order valence-electron chi connectivity index (χ1n) is 4.34. The lowest BCUT2D eigenvalue weighted by Crippen LogP contribution is -1.84. The number of rotatable bonds is 2. The minimum atomic E-state index is 0.467. The lowest BCUT2D eigenvalue weighted by molar-refractivity contribution is 1.16. The number of hydrogen-bond acceptors (Lipinski definition) is 1. The van der Waals surface area contributed by atoms with Crippen LogP contribution in [0.1, 0.15) is 18.9 Å². The normalized spacial score (nSPS) is 11.9. The lowest BCUT2D eigenvalue weighted by Gasteiger charge is -2.03. The summed E-state index contributed by atoms with van der Waals surface area (Å²) in [5.41, 5.74) is 1.33. The van der Waals surface area contributed by atoms with Crippen LogP contribution in [0.4, 0.5) is 0 Å². The molecule has 0 heterocycles. The summed E-state index contributed by atoms with van der Waals surface area (Å²) < 4.78 is 0.812. The molecule has 1 aromatic carbocycles. The van der Waals surface area contributed by atoms with E-state index in [4.69, 9.17) is 28.5 Å². The minimum absolute atomic E-state index is 0.467. The van der Waals surface area contributed by atoms with Gasteiger partial charge in [0.1, 0.15) is 0 Å². The summed E-state index contributed by atoms with van der Waals surface area (Å²) in [6, 6.07) is 7.45. The van der Waals surface area contributed by atoms with Gasteiger partial charge in [-0.05, 0) is 40.0 Å². The van der Waals surface area contributed by atoms with Crippen LogP contribution in [0.25, 0.3) is 5.03 Å². The fraction of sp³-hybridized carbons (Fsp3) is 0.182. The maximum Gasteiger partial charge on any atom is 0.0962 e. The topological polar surface area (TPSA) is 23.8 Å². The maximum atomic E-state index is 8.85. The molecule has 0 atom stereocenters. The molecule has 0 unspecified atom stereocenters. The molecule has 0 aliphatic heterocycles. The smallest absolute Gasteiger partial charge is 0.0962 e. The van der Waals surface area contributed by atoms with Crippen molar-refractivity contribution in [1.82, 2.24) is 0 Å². The van der Waals surface area contributed by atoms with Crippen molar-refractivity contribution in [2.24, 2.45) is 0 Å². The third kappa shape index (κ3) is 2.98. The fourth-order valence-electron chi connectivity index (χ4n) is 1.09.